The smallest absolute Gasteiger partial charge is 0.407 e. The molecule has 2 atom stereocenters. The number of hydrogen-bond acceptors (Lipinski definition) is 5. The molecule has 2 N–H and O–H groups in total. The summed E-state index contributed by atoms with van der Waals surface area (Å²) in [6.07, 6.45) is 0.618. The van der Waals surface area contributed by atoms with Gasteiger partial charge in [-0.25, -0.2) is 15.1 Å². The van der Waals surface area contributed by atoms with Crippen LogP contribution in [-0.4, -0.2) is 75.3 Å². The van der Waals surface area contributed by atoms with E-state index in [0.717, 1.165) is 5.56 Å². The third kappa shape index (κ3) is 5.68. The number of hydroxylamine groups is 3. The summed E-state index contributed by atoms with van der Waals surface area (Å²) in [6.45, 7) is 6.64. The van der Waals surface area contributed by atoms with E-state index in [1.165, 1.54) is 14.9 Å². The van der Waals surface area contributed by atoms with Crippen LogP contribution in [0.15, 0.2) is 30.3 Å². The normalized spacial score (nSPS) is 20.4. The van der Waals surface area contributed by atoms with Crippen molar-refractivity contribution >= 4 is 18.0 Å². The molecule has 4 amide bonds. The maximum absolute atomic E-state index is 12.8. The van der Waals surface area contributed by atoms with E-state index in [2.05, 4.69) is 5.48 Å². The molecule has 10 heteroatoms. The van der Waals surface area contributed by atoms with Crippen molar-refractivity contribution in [2.24, 2.45) is 0 Å². The van der Waals surface area contributed by atoms with E-state index in [4.69, 9.17) is 9.68 Å². The molecule has 2 bridgehead atoms. The van der Waals surface area contributed by atoms with Crippen molar-refractivity contribution < 1.29 is 29.2 Å². The van der Waals surface area contributed by atoms with Crippen molar-refractivity contribution in [3.63, 3.8) is 0 Å². The highest BCUT2D eigenvalue weighted by Crippen LogP contribution is 2.30. The number of carboxylic acid groups (broad SMARTS) is 1. The lowest BCUT2D eigenvalue weighted by atomic mass is 10.0. The Kier molecular flexibility index (Phi) is 7.57. The predicted molar refractivity (Wildman–Crippen MR) is 115 cm³/mol. The van der Waals surface area contributed by atoms with Gasteiger partial charge in [0.1, 0.15) is 12.6 Å². The van der Waals surface area contributed by atoms with Gasteiger partial charge >= 0.3 is 12.1 Å². The van der Waals surface area contributed by atoms with E-state index in [1.54, 1.807) is 0 Å². The minimum atomic E-state index is -0.995. The summed E-state index contributed by atoms with van der Waals surface area (Å²) >= 11 is 0. The van der Waals surface area contributed by atoms with Crippen molar-refractivity contribution in [2.75, 3.05) is 19.7 Å². The first-order chi connectivity index (χ1) is 15.2. The van der Waals surface area contributed by atoms with Crippen LogP contribution in [0.5, 0.6) is 0 Å². The van der Waals surface area contributed by atoms with Gasteiger partial charge in [-0.2, -0.15) is 5.06 Å². The largest absolute Gasteiger partial charge is 0.465 e. The monoisotopic (exact) mass is 448 g/mol. The minimum Gasteiger partial charge on any atom is -0.465 e. The van der Waals surface area contributed by atoms with Crippen molar-refractivity contribution in [2.45, 2.75) is 64.3 Å². The molecule has 1 aromatic rings. The molecule has 176 valence electrons. The number of nitrogens with one attached hydrogen (secondary N) is 1. The van der Waals surface area contributed by atoms with E-state index in [-0.39, 0.29) is 31.1 Å². The molecular weight excluding hydrogens is 416 g/mol. The average Bonchev–Trinajstić information content (AvgIpc) is 2.98. The minimum absolute atomic E-state index is 0.0735. The van der Waals surface area contributed by atoms with Gasteiger partial charge in [0, 0.05) is 18.6 Å². The highest BCUT2D eigenvalue weighted by molar-refractivity contribution is 5.88. The molecule has 1 aromatic carbocycles. The fourth-order valence-corrected chi connectivity index (χ4v) is 3.99. The number of nitrogens with zero attached hydrogens (tertiary/aromatic N) is 3. The summed E-state index contributed by atoms with van der Waals surface area (Å²) in [5, 5.41) is 10.7. The zero-order chi connectivity index (χ0) is 23.3. The first-order valence-corrected chi connectivity index (χ1v) is 10.9. The molecule has 3 rings (SSSR count). The number of benzene rings is 1. The number of piperidine rings is 1. The molecule has 0 radical (unpaired) electrons. The molecule has 2 aliphatic rings. The van der Waals surface area contributed by atoms with Crippen molar-refractivity contribution in [3.8, 4) is 0 Å². The number of amides is 4. The fourth-order valence-electron chi connectivity index (χ4n) is 3.99. The van der Waals surface area contributed by atoms with Gasteiger partial charge in [0.25, 0.3) is 5.91 Å². The fraction of sp³-hybridized carbons (Fsp3) is 0.591. The van der Waals surface area contributed by atoms with Gasteiger partial charge in [0.05, 0.1) is 12.6 Å². The number of rotatable bonds is 9. The number of urea groups is 1. The molecule has 2 fully saturated rings. The van der Waals surface area contributed by atoms with Crippen LogP contribution in [0.3, 0.4) is 0 Å². The Morgan fingerprint density at radius 2 is 1.94 bits per heavy atom. The number of carbonyl (C=O) groups excluding carboxylic acids is 2. The zero-order valence-corrected chi connectivity index (χ0v) is 18.8. The third-order valence-corrected chi connectivity index (χ3v) is 5.68. The first-order valence-electron chi connectivity index (χ1n) is 10.9. The van der Waals surface area contributed by atoms with Crippen LogP contribution < -0.4 is 5.48 Å². The average molecular weight is 449 g/mol. The molecule has 2 aliphatic heterocycles. The molecule has 0 spiro atoms. The lowest BCUT2D eigenvalue weighted by molar-refractivity contribution is -0.141. The molecule has 2 heterocycles. The molecule has 0 unspecified atom stereocenters. The van der Waals surface area contributed by atoms with E-state index in [9.17, 15) is 19.5 Å². The van der Waals surface area contributed by atoms with Gasteiger partial charge < -0.3 is 14.9 Å². The van der Waals surface area contributed by atoms with E-state index < -0.39 is 17.7 Å². The van der Waals surface area contributed by atoms with E-state index in [0.29, 0.717) is 32.4 Å². The predicted octanol–water partition coefficient (Wildman–Crippen LogP) is 2.60. The van der Waals surface area contributed by atoms with Crippen molar-refractivity contribution in [1.82, 2.24) is 20.3 Å². The summed E-state index contributed by atoms with van der Waals surface area (Å²) < 4.78 is 0. The van der Waals surface area contributed by atoms with Crippen LogP contribution in [-0.2, 0) is 21.1 Å². The van der Waals surface area contributed by atoms with Crippen LogP contribution >= 0.6 is 0 Å². The Morgan fingerprint density at radius 3 is 2.59 bits per heavy atom. The second kappa shape index (κ2) is 10.2. The summed E-state index contributed by atoms with van der Waals surface area (Å²) in [5.74, 6) is -0.382. The van der Waals surface area contributed by atoms with E-state index in [1.807, 2.05) is 51.1 Å². The second-order valence-electron chi connectivity index (χ2n) is 9.04. The number of fused-ring (bicyclic) bond motifs is 2. The van der Waals surface area contributed by atoms with Gasteiger partial charge in [-0.1, -0.05) is 30.3 Å². The van der Waals surface area contributed by atoms with Crippen LogP contribution in [0.4, 0.5) is 9.59 Å². The van der Waals surface area contributed by atoms with Gasteiger partial charge in [0.2, 0.25) is 0 Å². The van der Waals surface area contributed by atoms with Gasteiger partial charge in [-0.05, 0) is 45.6 Å². The van der Waals surface area contributed by atoms with Crippen LogP contribution in [0, 0.1) is 0 Å². The molecule has 0 aromatic heterocycles. The topological polar surface area (TPSA) is 112 Å². The molecule has 0 saturated carbocycles. The SMILES string of the molecule is CC(C)(C)N(CCCONC(=O)[C@@H]1CC[C@@H]2CN1C(=O)N2OCc1ccccc1)C(=O)O. The Bertz CT molecular complexity index is 812. The standard InChI is InChI=1S/C22H32N4O6/c1-22(2,3)25(21(29)30)12-7-13-31-23-19(27)18-11-10-17-14-24(18)20(28)26(17)32-15-16-8-5-4-6-9-16/h4-6,8-9,17-18H,7,10-15H2,1-3H3,(H,23,27)(H,29,30)/t17-,18+/m1/s1. The quantitative estimate of drug-likeness (QED) is 0.444. The maximum Gasteiger partial charge on any atom is 0.407 e. The zero-order valence-electron chi connectivity index (χ0n) is 18.8. The first kappa shape index (κ1) is 23.8. The molecular formula is C22H32N4O6. The molecule has 2 saturated heterocycles. The Hall–Kier alpha value is -2.85. The van der Waals surface area contributed by atoms with Crippen LogP contribution in [0.25, 0.3) is 0 Å². The van der Waals surface area contributed by atoms with Crippen LogP contribution in [0.1, 0.15) is 45.6 Å². The Balaban J connectivity index is 1.43. The van der Waals surface area contributed by atoms with Gasteiger partial charge in [0.15, 0.2) is 0 Å². The lowest BCUT2D eigenvalue weighted by Gasteiger charge is -2.33. The number of carbonyl (C=O) groups is 3. The Labute approximate surface area is 188 Å². The summed E-state index contributed by atoms with van der Waals surface area (Å²) in [6, 6.07) is 8.59. The molecule has 0 aliphatic carbocycles. The number of hydrogen-bond donors (Lipinski definition) is 2. The van der Waals surface area contributed by atoms with E-state index >= 15 is 0 Å². The van der Waals surface area contributed by atoms with Gasteiger partial charge in [-0.3, -0.25) is 14.5 Å². The highest BCUT2D eigenvalue weighted by atomic mass is 16.7. The van der Waals surface area contributed by atoms with Crippen molar-refractivity contribution in [1.29, 1.82) is 0 Å². The lowest BCUT2D eigenvalue weighted by Crippen LogP contribution is -2.50. The summed E-state index contributed by atoms with van der Waals surface area (Å²) in [4.78, 5) is 50.6. The van der Waals surface area contributed by atoms with Gasteiger partial charge in [-0.15, -0.1) is 0 Å². The van der Waals surface area contributed by atoms with Crippen LogP contribution in [0.2, 0.25) is 0 Å². The van der Waals surface area contributed by atoms with Crippen molar-refractivity contribution in [3.05, 3.63) is 35.9 Å². The summed E-state index contributed by atoms with van der Waals surface area (Å²) in [7, 11) is 0. The Morgan fingerprint density at radius 1 is 1.22 bits per heavy atom. The molecule has 32 heavy (non-hydrogen) atoms. The summed E-state index contributed by atoms with van der Waals surface area (Å²) in [5.41, 5.74) is 2.86. The maximum atomic E-state index is 12.8. The third-order valence-electron chi connectivity index (χ3n) is 5.68. The molecule has 10 nitrogen and oxygen atoms in total. The highest BCUT2D eigenvalue weighted by Gasteiger charge is 2.48. The second-order valence-corrected chi connectivity index (χ2v) is 9.04.